The molecule has 3 heteroatoms. The van der Waals surface area contributed by atoms with Gasteiger partial charge >= 0.3 is 0 Å². The predicted octanol–water partition coefficient (Wildman–Crippen LogP) is 5.30. The van der Waals surface area contributed by atoms with Crippen LogP contribution in [-0.2, 0) is 4.52 Å². The summed E-state index contributed by atoms with van der Waals surface area (Å²) in [7, 11) is 3.11. The largest absolute Gasteiger partial charge is 0.354 e. The van der Waals surface area contributed by atoms with E-state index in [1.807, 2.05) is 6.08 Å². The van der Waals surface area contributed by atoms with Gasteiger partial charge < -0.3 is 4.52 Å². The van der Waals surface area contributed by atoms with Crippen LogP contribution in [0.4, 0.5) is 0 Å². The molecule has 1 nitrogen and oxygen atoms in total. The van der Waals surface area contributed by atoms with E-state index in [0.717, 1.165) is 5.92 Å². The van der Waals surface area contributed by atoms with Crippen LogP contribution < -0.4 is 0 Å². The van der Waals surface area contributed by atoms with Gasteiger partial charge in [-0.15, -0.1) is 12.2 Å². The summed E-state index contributed by atoms with van der Waals surface area (Å²) < 4.78 is 6.23. The molecule has 0 aromatic carbocycles. The third kappa shape index (κ3) is 2.74. The zero-order chi connectivity index (χ0) is 16.7. The number of hydrogen-bond donors (Lipinski definition) is 0. The van der Waals surface area contributed by atoms with Gasteiger partial charge in [-0.05, 0) is 42.6 Å². The molecule has 0 spiro atoms. The Balaban J connectivity index is 2.45. The Labute approximate surface area is 140 Å². The quantitative estimate of drug-likeness (QED) is 0.376. The van der Waals surface area contributed by atoms with Crippen LogP contribution in [0.5, 0.6) is 0 Å². The van der Waals surface area contributed by atoms with Crippen LogP contribution in [0.2, 0.25) is 0 Å². The first-order chi connectivity index (χ1) is 10.3. The monoisotopic (exact) mass is 336 g/mol. The Morgan fingerprint density at radius 2 is 2.09 bits per heavy atom. The molecular weight excluding hydrogens is 306 g/mol. The number of hydrogen-bond acceptors (Lipinski definition) is 1. The van der Waals surface area contributed by atoms with E-state index in [4.69, 9.17) is 10.9 Å². The molecule has 2 saturated carbocycles. The van der Waals surface area contributed by atoms with Gasteiger partial charge in [0.15, 0.2) is 0 Å². The molecule has 0 N–H and O–H groups in total. The molecule has 2 aliphatic carbocycles. The molecular formula is C19H30OP2. The summed E-state index contributed by atoms with van der Waals surface area (Å²) in [5.74, 6) is 5.84. The Hall–Kier alpha value is -0.100. The molecule has 0 radical (unpaired) electrons. The standard InChI is InChI=1S/C19H30OP2/c1-8-10-12(3)17(20-22-21)16-15-14(18(15,5)6)11-13(4)19(16,7)9-2/h2,10,12-17,22H,1,11,21H2,3-7H3/t12-,13-,14-,15-,16-,17-,19+/m1/s1. The summed E-state index contributed by atoms with van der Waals surface area (Å²) in [5.41, 5.74) is 3.22. The summed E-state index contributed by atoms with van der Waals surface area (Å²) >= 11 is 0. The highest BCUT2D eigenvalue weighted by Gasteiger charge is 2.69. The fourth-order valence-electron chi connectivity index (χ4n) is 4.93. The lowest BCUT2D eigenvalue weighted by Gasteiger charge is -2.47. The summed E-state index contributed by atoms with van der Waals surface area (Å²) in [5, 5.41) is 0. The third-order valence-corrected chi connectivity index (χ3v) is 7.43. The first kappa shape index (κ1) is 18.2. The van der Waals surface area contributed by atoms with Gasteiger partial charge in [-0.1, -0.05) is 49.1 Å². The third-order valence-electron chi connectivity index (χ3n) is 6.62. The van der Waals surface area contributed by atoms with Crippen molar-refractivity contribution < 1.29 is 4.52 Å². The minimum Gasteiger partial charge on any atom is -0.354 e. The molecule has 2 rings (SSSR count). The number of rotatable bonds is 5. The zero-order valence-electron chi connectivity index (χ0n) is 14.5. The summed E-state index contributed by atoms with van der Waals surface area (Å²) in [4.78, 5) is 0. The molecule has 2 aliphatic rings. The van der Waals surface area contributed by atoms with Crippen molar-refractivity contribution in [1.82, 2.24) is 0 Å². The van der Waals surface area contributed by atoms with Crippen molar-refractivity contribution in [3.8, 4) is 12.3 Å². The topological polar surface area (TPSA) is 9.23 Å². The van der Waals surface area contributed by atoms with Crippen molar-refractivity contribution in [3.05, 3.63) is 18.4 Å². The van der Waals surface area contributed by atoms with Crippen LogP contribution in [0.1, 0.15) is 41.0 Å². The first-order valence-electron chi connectivity index (χ1n) is 8.20. The average Bonchev–Trinajstić information content (AvgIpc) is 2.99. The average molecular weight is 336 g/mol. The highest BCUT2D eigenvalue weighted by molar-refractivity contribution is 8.00. The van der Waals surface area contributed by atoms with Crippen LogP contribution in [0.25, 0.3) is 0 Å². The fourth-order valence-corrected chi connectivity index (χ4v) is 5.92. The van der Waals surface area contributed by atoms with E-state index in [9.17, 15) is 0 Å². The molecule has 0 aromatic heterocycles. The second-order valence-electron chi connectivity index (χ2n) is 7.97. The highest BCUT2D eigenvalue weighted by Crippen LogP contribution is 2.73. The van der Waals surface area contributed by atoms with E-state index < -0.39 is 0 Å². The molecule has 0 aliphatic heterocycles. The number of terminal acetylenes is 1. The van der Waals surface area contributed by atoms with E-state index in [2.05, 4.69) is 61.8 Å². The molecule has 0 amide bonds. The van der Waals surface area contributed by atoms with Crippen LogP contribution in [0, 0.1) is 52.8 Å². The zero-order valence-corrected chi connectivity index (χ0v) is 16.7. The summed E-state index contributed by atoms with van der Waals surface area (Å²) in [6.45, 7) is 15.3. The minimum absolute atomic E-state index is 0.104. The molecule has 22 heavy (non-hydrogen) atoms. The van der Waals surface area contributed by atoms with Crippen molar-refractivity contribution in [2.24, 2.45) is 40.4 Å². The first-order valence-corrected chi connectivity index (χ1v) is 10.9. The van der Waals surface area contributed by atoms with Crippen LogP contribution in [0.15, 0.2) is 18.4 Å². The smallest absolute Gasteiger partial charge is 0.0730 e. The Morgan fingerprint density at radius 1 is 1.45 bits per heavy atom. The van der Waals surface area contributed by atoms with Crippen molar-refractivity contribution in [2.45, 2.75) is 47.1 Å². The lowest BCUT2D eigenvalue weighted by atomic mass is 9.59. The maximum atomic E-state index is 6.23. The Kier molecular flexibility index (Phi) is 5.32. The van der Waals surface area contributed by atoms with Gasteiger partial charge in [-0.25, -0.2) is 0 Å². The van der Waals surface area contributed by atoms with Gasteiger partial charge in [-0.3, -0.25) is 0 Å². The van der Waals surface area contributed by atoms with Gasteiger partial charge in [-0.2, -0.15) is 0 Å². The fraction of sp³-hybridized carbons (Fsp3) is 0.737. The number of fused-ring (bicyclic) bond motifs is 1. The van der Waals surface area contributed by atoms with Crippen molar-refractivity contribution in [3.63, 3.8) is 0 Å². The molecule has 0 heterocycles. The van der Waals surface area contributed by atoms with E-state index in [1.54, 1.807) is 0 Å². The Bertz CT molecular complexity index is 514. The molecule has 2 unspecified atom stereocenters. The van der Waals surface area contributed by atoms with E-state index in [0.29, 0.717) is 31.7 Å². The van der Waals surface area contributed by atoms with Crippen molar-refractivity contribution in [2.75, 3.05) is 0 Å². The van der Waals surface area contributed by atoms with E-state index >= 15 is 0 Å². The van der Waals surface area contributed by atoms with Gasteiger partial charge in [0.05, 0.1) is 6.10 Å². The second-order valence-corrected chi connectivity index (χ2v) is 9.15. The van der Waals surface area contributed by atoms with Gasteiger partial charge in [0.2, 0.25) is 0 Å². The lowest BCUT2D eigenvalue weighted by Crippen LogP contribution is -2.46. The maximum absolute atomic E-state index is 6.23. The van der Waals surface area contributed by atoms with Gasteiger partial charge in [0.1, 0.15) is 0 Å². The van der Waals surface area contributed by atoms with Crippen LogP contribution in [0.3, 0.4) is 0 Å². The normalized spacial score (nSPS) is 42.0. The van der Waals surface area contributed by atoms with Gasteiger partial charge in [0, 0.05) is 25.7 Å². The minimum atomic E-state index is -0.104. The Morgan fingerprint density at radius 3 is 2.59 bits per heavy atom. The highest BCUT2D eigenvalue weighted by atomic mass is 32.0. The molecule has 9 atom stereocenters. The molecule has 122 valence electrons. The molecule has 0 aromatic rings. The lowest BCUT2D eigenvalue weighted by molar-refractivity contribution is -0.00783. The van der Waals surface area contributed by atoms with Crippen LogP contribution in [-0.4, -0.2) is 6.10 Å². The SMILES string of the molecule is C#C[C@]1(C)[C@@H]([C@H](OPP)[C@H](C)C=C=C)[C@H]2[C@@H](C[C@H]1C)C2(C)C. The van der Waals surface area contributed by atoms with Crippen molar-refractivity contribution >= 4 is 17.4 Å². The second kappa shape index (κ2) is 6.42. The maximum Gasteiger partial charge on any atom is 0.0730 e. The van der Waals surface area contributed by atoms with E-state index in [-0.39, 0.29) is 17.4 Å². The van der Waals surface area contributed by atoms with Crippen molar-refractivity contribution in [1.29, 1.82) is 0 Å². The molecule has 0 bridgehead atoms. The molecule has 2 fully saturated rings. The van der Waals surface area contributed by atoms with E-state index in [1.165, 1.54) is 6.42 Å². The summed E-state index contributed by atoms with van der Waals surface area (Å²) in [6.07, 6.45) is 9.48. The van der Waals surface area contributed by atoms with Crippen LogP contribution >= 0.6 is 17.4 Å². The van der Waals surface area contributed by atoms with Gasteiger partial charge in [0.25, 0.3) is 0 Å². The predicted molar refractivity (Wildman–Crippen MR) is 101 cm³/mol. The summed E-state index contributed by atoms with van der Waals surface area (Å²) in [6, 6.07) is 0. The molecule has 0 saturated heterocycles.